The van der Waals surface area contributed by atoms with Crippen LogP contribution < -0.4 is 5.73 Å². The summed E-state index contributed by atoms with van der Waals surface area (Å²) in [7, 11) is 0. The van der Waals surface area contributed by atoms with E-state index in [0.717, 1.165) is 19.3 Å². The van der Waals surface area contributed by atoms with Gasteiger partial charge in [0.2, 0.25) is 0 Å². The van der Waals surface area contributed by atoms with Gasteiger partial charge in [-0.15, -0.1) is 0 Å². The fourth-order valence-electron chi connectivity index (χ4n) is 2.63. The first-order valence-corrected chi connectivity index (χ1v) is 10.8. The van der Waals surface area contributed by atoms with E-state index in [-0.39, 0.29) is 25.2 Å². The van der Waals surface area contributed by atoms with E-state index in [1.54, 1.807) is 6.92 Å². The molecule has 0 heterocycles. The first kappa shape index (κ1) is 25.9. The van der Waals surface area contributed by atoms with Crippen molar-refractivity contribution >= 4 is 11.9 Å². The summed E-state index contributed by atoms with van der Waals surface area (Å²) < 4.78 is 16.0. The van der Waals surface area contributed by atoms with Crippen LogP contribution in [-0.2, 0) is 23.8 Å². The first-order chi connectivity index (χ1) is 13.1. The summed E-state index contributed by atoms with van der Waals surface area (Å²) in [6, 6.07) is 0. The maximum absolute atomic E-state index is 12.0. The van der Waals surface area contributed by atoms with Gasteiger partial charge in [0.1, 0.15) is 6.61 Å². The van der Waals surface area contributed by atoms with Gasteiger partial charge in [0.05, 0.1) is 6.61 Å². The Bertz CT molecular complexity index is 362. The van der Waals surface area contributed by atoms with Crippen molar-refractivity contribution < 1.29 is 23.8 Å². The topological polar surface area (TPSA) is 87.8 Å². The Kier molecular flexibility index (Phi) is 18.8. The van der Waals surface area contributed by atoms with Gasteiger partial charge in [0.25, 0.3) is 0 Å². The molecule has 0 bridgehead atoms. The van der Waals surface area contributed by atoms with Gasteiger partial charge in [-0.2, -0.15) is 0 Å². The molecule has 0 fully saturated rings. The highest BCUT2D eigenvalue weighted by Crippen LogP contribution is 2.11. The first-order valence-electron chi connectivity index (χ1n) is 10.8. The van der Waals surface area contributed by atoms with Crippen LogP contribution >= 0.6 is 0 Å². The monoisotopic (exact) mass is 387 g/mol. The molecule has 0 aromatic rings. The van der Waals surface area contributed by atoms with Gasteiger partial charge in [0, 0.05) is 19.4 Å². The van der Waals surface area contributed by atoms with E-state index in [1.165, 1.54) is 44.9 Å². The van der Waals surface area contributed by atoms with Crippen molar-refractivity contribution in [2.24, 2.45) is 5.73 Å². The molecular weight excluding hydrogens is 346 g/mol. The van der Waals surface area contributed by atoms with E-state index in [9.17, 15) is 9.59 Å². The fourth-order valence-corrected chi connectivity index (χ4v) is 2.63. The van der Waals surface area contributed by atoms with Gasteiger partial charge in [-0.3, -0.25) is 9.59 Å². The van der Waals surface area contributed by atoms with Gasteiger partial charge >= 0.3 is 11.9 Å². The average molecular weight is 388 g/mol. The molecule has 0 aromatic heterocycles. The Balaban J connectivity index is 3.88. The van der Waals surface area contributed by atoms with Crippen molar-refractivity contribution in [3.8, 4) is 0 Å². The molecule has 0 amide bonds. The Hall–Kier alpha value is -1.14. The number of rotatable bonds is 19. The van der Waals surface area contributed by atoms with Gasteiger partial charge in [0.15, 0.2) is 6.10 Å². The second kappa shape index (κ2) is 19.6. The molecule has 6 heteroatoms. The number of hydrogen-bond donors (Lipinski definition) is 1. The Morgan fingerprint density at radius 3 is 2.04 bits per heavy atom. The fraction of sp³-hybridized carbons (Fsp3) is 0.905. The van der Waals surface area contributed by atoms with E-state index in [0.29, 0.717) is 26.0 Å². The lowest BCUT2D eigenvalue weighted by Gasteiger charge is -2.18. The normalized spacial score (nSPS) is 12.0. The molecule has 0 spiro atoms. The summed E-state index contributed by atoms with van der Waals surface area (Å²) in [6.07, 6.45) is 11.7. The average Bonchev–Trinajstić information content (AvgIpc) is 2.67. The lowest BCUT2D eigenvalue weighted by molar-refractivity contribution is -0.162. The van der Waals surface area contributed by atoms with Crippen LogP contribution in [0.3, 0.4) is 0 Å². The minimum absolute atomic E-state index is 0.0405. The van der Waals surface area contributed by atoms with Gasteiger partial charge < -0.3 is 19.9 Å². The maximum atomic E-state index is 12.0. The Morgan fingerprint density at radius 2 is 1.44 bits per heavy atom. The third-order valence-electron chi connectivity index (χ3n) is 4.30. The van der Waals surface area contributed by atoms with Crippen LogP contribution in [0, 0.1) is 0 Å². The van der Waals surface area contributed by atoms with Crippen molar-refractivity contribution in [1.82, 2.24) is 0 Å². The second-order valence-corrected chi connectivity index (χ2v) is 6.94. The predicted molar refractivity (Wildman–Crippen MR) is 107 cm³/mol. The SMILES string of the molecule is CCCCCCCCCCCC(=O)OC(COCCCN)COC(=O)CC. The molecule has 0 aromatic carbocycles. The van der Waals surface area contributed by atoms with E-state index in [4.69, 9.17) is 19.9 Å². The summed E-state index contributed by atoms with van der Waals surface area (Å²) in [6.45, 7) is 5.27. The quantitative estimate of drug-likeness (QED) is 0.265. The molecule has 6 nitrogen and oxygen atoms in total. The van der Waals surface area contributed by atoms with Crippen LogP contribution in [0.1, 0.15) is 90.9 Å². The second-order valence-electron chi connectivity index (χ2n) is 6.94. The summed E-state index contributed by atoms with van der Waals surface area (Å²) in [5.74, 6) is -0.560. The molecule has 0 saturated carbocycles. The number of unbranched alkanes of at least 4 members (excludes halogenated alkanes) is 8. The molecule has 27 heavy (non-hydrogen) atoms. The molecule has 2 N–H and O–H groups in total. The van der Waals surface area contributed by atoms with Crippen molar-refractivity contribution in [2.45, 2.75) is 97.0 Å². The molecule has 0 radical (unpaired) electrons. The zero-order chi connectivity index (χ0) is 20.2. The van der Waals surface area contributed by atoms with Crippen molar-refractivity contribution in [3.63, 3.8) is 0 Å². The predicted octanol–water partition coefficient (Wildman–Crippen LogP) is 4.14. The molecule has 0 aliphatic heterocycles. The Labute approximate surface area is 165 Å². The summed E-state index contributed by atoms with van der Waals surface area (Å²) in [4.78, 5) is 23.3. The van der Waals surface area contributed by atoms with Gasteiger partial charge in [-0.25, -0.2) is 0 Å². The highest BCUT2D eigenvalue weighted by atomic mass is 16.6. The number of carbonyl (C=O) groups is 2. The molecule has 0 rings (SSSR count). The zero-order valence-electron chi connectivity index (χ0n) is 17.5. The van der Waals surface area contributed by atoms with Crippen molar-refractivity contribution in [3.05, 3.63) is 0 Å². The third-order valence-corrected chi connectivity index (χ3v) is 4.30. The largest absolute Gasteiger partial charge is 0.462 e. The van der Waals surface area contributed by atoms with Crippen molar-refractivity contribution in [2.75, 3.05) is 26.4 Å². The maximum Gasteiger partial charge on any atom is 0.306 e. The van der Waals surface area contributed by atoms with E-state index in [2.05, 4.69) is 6.92 Å². The summed E-state index contributed by atoms with van der Waals surface area (Å²) in [5.41, 5.74) is 5.43. The zero-order valence-corrected chi connectivity index (χ0v) is 17.5. The van der Waals surface area contributed by atoms with Crippen LogP contribution in [-0.4, -0.2) is 44.4 Å². The van der Waals surface area contributed by atoms with Crippen LogP contribution in [0.15, 0.2) is 0 Å². The van der Waals surface area contributed by atoms with Crippen LogP contribution in [0.4, 0.5) is 0 Å². The van der Waals surface area contributed by atoms with Crippen LogP contribution in [0.25, 0.3) is 0 Å². The van der Waals surface area contributed by atoms with Gasteiger partial charge in [-0.1, -0.05) is 65.2 Å². The minimum Gasteiger partial charge on any atom is -0.462 e. The molecule has 1 unspecified atom stereocenters. The molecule has 0 aliphatic rings. The number of hydrogen-bond acceptors (Lipinski definition) is 6. The number of esters is 2. The van der Waals surface area contributed by atoms with E-state index < -0.39 is 6.10 Å². The number of carbonyl (C=O) groups excluding carboxylic acids is 2. The van der Waals surface area contributed by atoms with Crippen molar-refractivity contribution in [1.29, 1.82) is 0 Å². The molecule has 0 aliphatic carbocycles. The lowest BCUT2D eigenvalue weighted by atomic mass is 10.1. The standard InChI is InChI=1S/C21H41NO5/c1-3-5-6-7-8-9-10-11-12-14-21(24)27-19(17-25-16-13-15-22)18-26-20(23)4-2/h19H,3-18,22H2,1-2H3. The van der Waals surface area contributed by atoms with Crippen LogP contribution in [0.2, 0.25) is 0 Å². The summed E-state index contributed by atoms with van der Waals surface area (Å²) in [5, 5.41) is 0. The molecule has 160 valence electrons. The van der Waals surface area contributed by atoms with Crippen LogP contribution in [0.5, 0.6) is 0 Å². The third kappa shape index (κ3) is 18.0. The molecular formula is C21H41NO5. The molecule has 1 atom stereocenters. The lowest BCUT2D eigenvalue weighted by Crippen LogP contribution is -2.30. The van der Waals surface area contributed by atoms with Gasteiger partial charge in [-0.05, 0) is 19.4 Å². The Morgan fingerprint density at radius 1 is 0.815 bits per heavy atom. The summed E-state index contributed by atoms with van der Waals surface area (Å²) >= 11 is 0. The molecule has 0 saturated heterocycles. The highest BCUT2D eigenvalue weighted by Gasteiger charge is 2.17. The minimum atomic E-state index is -0.552. The van der Waals surface area contributed by atoms with E-state index >= 15 is 0 Å². The number of nitrogens with two attached hydrogens (primary N) is 1. The highest BCUT2D eigenvalue weighted by molar-refractivity contribution is 5.70. The smallest absolute Gasteiger partial charge is 0.306 e. The number of ether oxygens (including phenoxy) is 3. The van der Waals surface area contributed by atoms with E-state index in [1.807, 2.05) is 0 Å².